The van der Waals surface area contributed by atoms with Gasteiger partial charge in [-0.05, 0) is 30.9 Å². The Kier molecular flexibility index (Phi) is 4.15. The normalized spacial score (nSPS) is 24.3. The van der Waals surface area contributed by atoms with Gasteiger partial charge < -0.3 is 10.6 Å². The molecule has 0 aliphatic carbocycles. The van der Waals surface area contributed by atoms with Crippen LogP contribution in [0.2, 0.25) is 0 Å². The molecule has 17 heavy (non-hydrogen) atoms. The Morgan fingerprint density at radius 1 is 1.35 bits per heavy atom. The monoisotopic (exact) mass is 232 g/mol. The van der Waals surface area contributed by atoms with Gasteiger partial charge in [0.2, 0.25) is 5.91 Å². The highest BCUT2D eigenvalue weighted by molar-refractivity contribution is 5.75. The van der Waals surface area contributed by atoms with Gasteiger partial charge in [-0.15, -0.1) is 0 Å². The summed E-state index contributed by atoms with van der Waals surface area (Å²) in [6.45, 7) is 0.937. The second-order valence-electron chi connectivity index (χ2n) is 4.69. The van der Waals surface area contributed by atoms with Crippen molar-refractivity contribution in [2.45, 2.75) is 25.3 Å². The van der Waals surface area contributed by atoms with Crippen molar-refractivity contribution in [3.05, 3.63) is 35.9 Å². The fourth-order valence-corrected chi connectivity index (χ4v) is 2.42. The van der Waals surface area contributed by atoms with E-state index >= 15 is 0 Å². The van der Waals surface area contributed by atoms with Gasteiger partial charge >= 0.3 is 0 Å². The Labute approximate surface area is 103 Å². The molecular formula is C14H20N2O. The van der Waals surface area contributed by atoms with Crippen LogP contribution in [0.25, 0.3) is 0 Å². The molecule has 0 bridgehead atoms. The van der Waals surface area contributed by atoms with Gasteiger partial charge in [-0.1, -0.05) is 30.3 Å². The van der Waals surface area contributed by atoms with E-state index in [1.165, 1.54) is 5.56 Å². The number of hydrogen-bond donors (Lipinski definition) is 2. The second-order valence-corrected chi connectivity index (χ2v) is 4.69. The van der Waals surface area contributed by atoms with Gasteiger partial charge in [-0.2, -0.15) is 0 Å². The first-order valence-electron chi connectivity index (χ1n) is 6.28. The van der Waals surface area contributed by atoms with Gasteiger partial charge in [-0.25, -0.2) is 0 Å². The molecule has 1 aromatic carbocycles. The van der Waals surface area contributed by atoms with Crippen LogP contribution in [0, 0.1) is 5.92 Å². The van der Waals surface area contributed by atoms with Crippen molar-refractivity contribution >= 4 is 5.91 Å². The second kappa shape index (κ2) is 5.82. The first kappa shape index (κ1) is 12.1. The van der Waals surface area contributed by atoms with E-state index in [9.17, 15) is 4.79 Å². The van der Waals surface area contributed by atoms with Crippen molar-refractivity contribution in [1.29, 1.82) is 0 Å². The lowest BCUT2D eigenvalue weighted by molar-refractivity contribution is -0.121. The molecule has 1 aliphatic rings. The standard InChI is InChI=1S/C14H20N2O/c1-15-14(17)9-11-7-8-13(16-10-11)12-5-3-2-4-6-12/h2-6,11,13,16H,7-10H2,1H3,(H,15,17)/t11-,13?/m0/s1. The highest BCUT2D eigenvalue weighted by Crippen LogP contribution is 2.26. The van der Waals surface area contributed by atoms with Gasteiger partial charge in [-0.3, -0.25) is 4.79 Å². The third-order valence-corrected chi connectivity index (χ3v) is 3.47. The minimum atomic E-state index is 0.148. The van der Waals surface area contributed by atoms with Gasteiger partial charge in [0, 0.05) is 19.5 Å². The average Bonchev–Trinajstić information content (AvgIpc) is 2.40. The van der Waals surface area contributed by atoms with Crippen LogP contribution in [0.4, 0.5) is 0 Å². The van der Waals surface area contributed by atoms with E-state index in [4.69, 9.17) is 0 Å². The molecule has 3 nitrogen and oxygen atoms in total. The summed E-state index contributed by atoms with van der Waals surface area (Å²) in [5.74, 6) is 0.630. The van der Waals surface area contributed by atoms with Crippen LogP contribution in [-0.4, -0.2) is 19.5 Å². The van der Waals surface area contributed by atoms with Crippen LogP contribution in [0.3, 0.4) is 0 Å². The first-order valence-corrected chi connectivity index (χ1v) is 6.28. The molecule has 0 saturated carbocycles. The van der Waals surface area contributed by atoms with Crippen LogP contribution >= 0.6 is 0 Å². The van der Waals surface area contributed by atoms with Crippen molar-refractivity contribution in [3.63, 3.8) is 0 Å². The molecule has 92 valence electrons. The number of rotatable bonds is 3. The largest absolute Gasteiger partial charge is 0.359 e. The molecule has 2 atom stereocenters. The lowest BCUT2D eigenvalue weighted by atomic mass is 9.89. The van der Waals surface area contributed by atoms with E-state index in [1.54, 1.807) is 7.05 Å². The van der Waals surface area contributed by atoms with Crippen LogP contribution < -0.4 is 10.6 Å². The number of amides is 1. The molecule has 1 amide bonds. The van der Waals surface area contributed by atoms with Gasteiger partial charge in [0.1, 0.15) is 0 Å². The first-order chi connectivity index (χ1) is 8.29. The zero-order chi connectivity index (χ0) is 12.1. The maximum atomic E-state index is 11.3. The van der Waals surface area contributed by atoms with E-state index in [2.05, 4.69) is 34.9 Å². The number of carbonyl (C=O) groups excluding carboxylic acids is 1. The zero-order valence-corrected chi connectivity index (χ0v) is 10.3. The Balaban J connectivity index is 1.84. The number of nitrogens with one attached hydrogen (secondary N) is 2. The molecule has 1 saturated heterocycles. The van der Waals surface area contributed by atoms with Crippen molar-refractivity contribution in [2.75, 3.05) is 13.6 Å². The molecule has 1 unspecified atom stereocenters. The summed E-state index contributed by atoms with van der Waals surface area (Å²) in [7, 11) is 1.70. The summed E-state index contributed by atoms with van der Waals surface area (Å²) in [5, 5.41) is 6.22. The lowest BCUT2D eigenvalue weighted by Crippen LogP contribution is -2.35. The van der Waals surface area contributed by atoms with E-state index in [0.29, 0.717) is 18.4 Å². The molecule has 0 radical (unpaired) electrons. The van der Waals surface area contributed by atoms with E-state index in [-0.39, 0.29) is 5.91 Å². The minimum Gasteiger partial charge on any atom is -0.359 e. The van der Waals surface area contributed by atoms with Crippen LogP contribution in [0.15, 0.2) is 30.3 Å². The summed E-state index contributed by atoms with van der Waals surface area (Å²) in [6.07, 6.45) is 2.89. The number of benzene rings is 1. The molecule has 1 aliphatic heterocycles. The Morgan fingerprint density at radius 3 is 2.71 bits per heavy atom. The third-order valence-electron chi connectivity index (χ3n) is 3.47. The summed E-state index contributed by atoms with van der Waals surface area (Å²) in [5.41, 5.74) is 1.35. The number of piperidine rings is 1. The molecule has 2 rings (SSSR count). The van der Waals surface area contributed by atoms with E-state index in [1.807, 2.05) is 6.07 Å². The molecule has 0 spiro atoms. The Bertz CT molecular complexity index is 356. The fourth-order valence-electron chi connectivity index (χ4n) is 2.42. The molecule has 2 N–H and O–H groups in total. The van der Waals surface area contributed by atoms with Crippen molar-refractivity contribution in [2.24, 2.45) is 5.92 Å². The molecular weight excluding hydrogens is 212 g/mol. The maximum absolute atomic E-state index is 11.3. The Hall–Kier alpha value is -1.35. The molecule has 1 fully saturated rings. The molecule has 1 heterocycles. The van der Waals surface area contributed by atoms with Crippen molar-refractivity contribution in [1.82, 2.24) is 10.6 Å². The number of carbonyl (C=O) groups is 1. The maximum Gasteiger partial charge on any atom is 0.220 e. The summed E-state index contributed by atoms with van der Waals surface area (Å²) in [4.78, 5) is 11.3. The smallest absolute Gasteiger partial charge is 0.220 e. The summed E-state index contributed by atoms with van der Waals surface area (Å²) >= 11 is 0. The zero-order valence-electron chi connectivity index (χ0n) is 10.3. The van der Waals surface area contributed by atoms with E-state index < -0.39 is 0 Å². The van der Waals surface area contributed by atoms with Crippen molar-refractivity contribution < 1.29 is 4.79 Å². The highest BCUT2D eigenvalue weighted by Gasteiger charge is 2.22. The third kappa shape index (κ3) is 3.30. The lowest BCUT2D eigenvalue weighted by Gasteiger charge is -2.29. The van der Waals surface area contributed by atoms with Crippen LogP contribution in [0.1, 0.15) is 30.9 Å². The quantitative estimate of drug-likeness (QED) is 0.835. The van der Waals surface area contributed by atoms with Crippen LogP contribution in [0.5, 0.6) is 0 Å². The summed E-state index contributed by atoms with van der Waals surface area (Å²) in [6, 6.07) is 11.0. The van der Waals surface area contributed by atoms with Crippen molar-refractivity contribution in [3.8, 4) is 0 Å². The summed E-state index contributed by atoms with van der Waals surface area (Å²) < 4.78 is 0. The topological polar surface area (TPSA) is 41.1 Å². The molecule has 3 heteroatoms. The SMILES string of the molecule is CNC(=O)C[C@@H]1CCC(c2ccccc2)NC1. The molecule has 0 aromatic heterocycles. The van der Waals surface area contributed by atoms with E-state index in [0.717, 1.165) is 19.4 Å². The fraction of sp³-hybridized carbons (Fsp3) is 0.500. The van der Waals surface area contributed by atoms with Gasteiger partial charge in [0.05, 0.1) is 0 Å². The highest BCUT2D eigenvalue weighted by atomic mass is 16.1. The van der Waals surface area contributed by atoms with Gasteiger partial charge in [0.25, 0.3) is 0 Å². The predicted octanol–water partition coefficient (Wildman–Crippen LogP) is 1.86. The van der Waals surface area contributed by atoms with Gasteiger partial charge in [0.15, 0.2) is 0 Å². The predicted molar refractivity (Wildman–Crippen MR) is 68.6 cm³/mol. The van der Waals surface area contributed by atoms with Crippen LogP contribution in [-0.2, 0) is 4.79 Å². The minimum absolute atomic E-state index is 0.148. The Morgan fingerprint density at radius 2 is 2.12 bits per heavy atom. The molecule has 1 aromatic rings. The average molecular weight is 232 g/mol. The number of hydrogen-bond acceptors (Lipinski definition) is 2.